The van der Waals surface area contributed by atoms with E-state index in [-0.39, 0.29) is 6.61 Å². The summed E-state index contributed by atoms with van der Waals surface area (Å²) in [7, 11) is 1.88. The van der Waals surface area contributed by atoms with Crippen molar-refractivity contribution >= 4 is 0 Å². The lowest BCUT2D eigenvalue weighted by Gasteiger charge is -2.12. The Morgan fingerprint density at radius 2 is 2.38 bits per heavy atom. The van der Waals surface area contributed by atoms with Crippen LogP contribution in [0.4, 0.5) is 0 Å². The fourth-order valence-corrected chi connectivity index (χ4v) is 1.04. The van der Waals surface area contributed by atoms with Gasteiger partial charge in [0.15, 0.2) is 0 Å². The Hall–Kier alpha value is -1.31. The summed E-state index contributed by atoms with van der Waals surface area (Å²) < 4.78 is 5.17. The standard InChI is InChI=1S/C9H12N2O2/c1-11(4-5-12)7-9-3-2-8(6-10)13-9/h2-3,12H,4-5,7H2,1H3. The molecule has 0 unspecified atom stereocenters. The number of furan rings is 1. The average Bonchev–Trinajstić information content (AvgIpc) is 2.52. The first-order valence-corrected chi connectivity index (χ1v) is 4.04. The number of aliphatic hydroxyl groups is 1. The fourth-order valence-electron chi connectivity index (χ4n) is 1.04. The quantitative estimate of drug-likeness (QED) is 0.736. The van der Waals surface area contributed by atoms with Crippen molar-refractivity contribution in [2.45, 2.75) is 6.54 Å². The largest absolute Gasteiger partial charge is 0.449 e. The molecule has 0 radical (unpaired) electrons. The third kappa shape index (κ3) is 2.90. The predicted octanol–water partition coefficient (Wildman–Crippen LogP) is 0.575. The van der Waals surface area contributed by atoms with Crippen LogP contribution >= 0.6 is 0 Å². The van der Waals surface area contributed by atoms with Crippen LogP contribution in [0.25, 0.3) is 0 Å². The summed E-state index contributed by atoms with van der Waals surface area (Å²) in [5, 5.41) is 17.1. The zero-order chi connectivity index (χ0) is 9.68. The molecule has 0 bridgehead atoms. The molecule has 70 valence electrons. The third-order valence-corrected chi connectivity index (χ3v) is 1.68. The van der Waals surface area contributed by atoms with Crippen LogP contribution in [0.1, 0.15) is 11.5 Å². The molecule has 0 saturated carbocycles. The molecule has 4 heteroatoms. The number of nitrogens with zero attached hydrogens (tertiary/aromatic N) is 2. The molecule has 0 saturated heterocycles. The molecule has 0 fully saturated rings. The smallest absolute Gasteiger partial charge is 0.203 e. The van der Waals surface area contributed by atoms with E-state index < -0.39 is 0 Å². The molecule has 1 aromatic rings. The summed E-state index contributed by atoms with van der Waals surface area (Å²) in [5.41, 5.74) is 0. The lowest BCUT2D eigenvalue weighted by atomic mass is 10.4. The van der Waals surface area contributed by atoms with Gasteiger partial charge in [-0.2, -0.15) is 5.26 Å². The number of rotatable bonds is 4. The van der Waals surface area contributed by atoms with Gasteiger partial charge >= 0.3 is 0 Å². The topological polar surface area (TPSA) is 60.4 Å². The van der Waals surface area contributed by atoms with Crippen LogP contribution in [-0.4, -0.2) is 30.2 Å². The fraction of sp³-hybridized carbons (Fsp3) is 0.444. The second-order valence-corrected chi connectivity index (χ2v) is 2.84. The third-order valence-electron chi connectivity index (χ3n) is 1.68. The summed E-state index contributed by atoms with van der Waals surface area (Å²) in [6.07, 6.45) is 0. The Bertz CT molecular complexity index is 301. The van der Waals surface area contributed by atoms with E-state index >= 15 is 0 Å². The highest BCUT2D eigenvalue weighted by molar-refractivity contribution is 5.18. The molecule has 0 spiro atoms. The van der Waals surface area contributed by atoms with E-state index in [4.69, 9.17) is 14.8 Å². The van der Waals surface area contributed by atoms with Gasteiger partial charge in [0.25, 0.3) is 0 Å². The maximum atomic E-state index is 8.64. The normalized spacial score (nSPS) is 10.3. The second-order valence-electron chi connectivity index (χ2n) is 2.84. The Morgan fingerprint density at radius 3 is 2.92 bits per heavy atom. The number of likely N-dealkylation sites (N-methyl/N-ethyl adjacent to an activating group) is 1. The van der Waals surface area contributed by atoms with Crippen LogP contribution in [0.2, 0.25) is 0 Å². The van der Waals surface area contributed by atoms with Gasteiger partial charge in [-0.1, -0.05) is 0 Å². The highest BCUT2D eigenvalue weighted by Crippen LogP contribution is 2.08. The molecule has 0 aliphatic heterocycles. The summed E-state index contributed by atoms with van der Waals surface area (Å²) in [6, 6.07) is 5.33. The minimum absolute atomic E-state index is 0.127. The minimum Gasteiger partial charge on any atom is -0.449 e. The molecule has 0 amide bonds. The van der Waals surface area contributed by atoms with Crippen molar-refractivity contribution in [1.29, 1.82) is 5.26 Å². The number of nitriles is 1. The first-order chi connectivity index (χ1) is 6.26. The van der Waals surface area contributed by atoms with E-state index in [2.05, 4.69) is 0 Å². The summed E-state index contributed by atoms with van der Waals surface area (Å²) >= 11 is 0. The van der Waals surface area contributed by atoms with Crippen LogP contribution in [0, 0.1) is 11.3 Å². The van der Waals surface area contributed by atoms with E-state index in [9.17, 15) is 0 Å². The maximum Gasteiger partial charge on any atom is 0.203 e. The van der Waals surface area contributed by atoms with Gasteiger partial charge in [-0.15, -0.1) is 0 Å². The number of hydrogen-bond acceptors (Lipinski definition) is 4. The van der Waals surface area contributed by atoms with Gasteiger partial charge in [0.05, 0.1) is 13.2 Å². The summed E-state index contributed by atoms with van der Waals surface area (Å²) in [6.45, 7) is 1.34. The lowest BCUT2D eigenvalue weighted by molar-refractivity contribution is 0.208. The minimum atomic E-state index is 0.127. The van der Waals surface area contributed by atoms with E-state index in [1.54, 1.807) is 12.1 Å². The van der Waals surface area contributed by atoms with E-state index in [0.29, 0.717) is 18.8 Å². The zero-order valence-corrected chi connectivity index (χ0v) is 7.53. The highest BCUT2D eigenvalue weighted by Gasteiger charge is 2.03. The number of aliphatic hydroxyl groups excluding tert-OH is 1. The van der Waals surface area contributed by atoms with Crippen molar-refractivity contribution in [2.75, 3.05) is 20.2 Å². The number of hydrogen-bond donors (Lipinski definition) is 1. The van der Waals surface area contributed by atoms with Crippen LogP contribution in [0.15, 0.2) is 16.5 Å². The van der Waals surface area contributed by atoms with Crippen molar-refractivity contribution in [2.24, 2.45) is 0 Å². The molecule has 0 aromatic carbocycles. The SMILES string of the molecule is CN(CCO)Cc1ccc(C#N)o1. The van der Waals surface area contributed by atoms with Crippen molar-refractivity contribution in [3.05, 3.63) is 23.7 Å². The van der Waals surface area contributed by atoms with Gasteiger partial charge < -0.3 is 9.52 Å². The zero-order valence-electron chi connectivity index (χ0n) is 7.53. The molecule has 1 rings (SSSR count). The van der Waals surface area contributed by atoms with E-state index in [1.165, 1.54) is 0 Å². The highest BCUT2D eigenvalue weighted by atomic mass is 16.3. The molecule has 4 nitrogen and oxygen atoms in total. The molecular weight excluding hydrogens is 168 g/mol. The van der Waals surface area contributed by atoms with Gasteiger partial charge in [0.1, 0.15) is 11.8 Å². The van der Waals surface area contributed by atoms with E-state index in [1.807, 2.05) is 18.0 Å². The monoisotopic (exact) mass is 180 g/mol. The summed E-state index contributed by atoms with van der Waals surface area (Å²) in [5.74, 6) is 1.07. The second kappa shape index (κ2) is 4.65. The van der Waals surface area contributed by atoms with Crippen molar-refractivity contribution < 1.29 is 9.52 Å². The Balaban J connectivity index is 2.50. The lowest BCUT2D eigenvalue weighted by Crippen LogP contribution is -2.21. The molecule has 1 aromatic heterocycles. The molecule has 0 aliphatic carbocycles. The summed E-state index contributed by atoms with van der Waals surface area (Å²) in [4.78, 5) is 1.92. The van der Waals surface area contributed by atoms with Crippen molar-refractivity contribution in [1.82, 2.24) is 4.90 Å². The predicted molar refractivity (Wildman–Crippen MR) is 46.8 cm³/mol. The van der Waals surface area contributed by atoms with Crippen LogP contribution in [-0.2, 0) is 6.54 Å². The molecule has 0 atom stereocenters. The van der Waals surface area contributed by atoms with Gasteiger partial charge in [-0.05, 0) is 19.2 Å². The molecule has 1 N–H and O–H groups in total. The first kappa shape index (κ1) is 9.78. The molecular formula is C9H12N2O2. The van der Waals surface area contributed by atoms with Gasteiger partial charge in [-0.25, -0.2) is 0 Å². The van der Waals surface area contributed by atoms with E-state index in [0.717, 1.165) is 5.76 Å². The molecule has 1 heterocycles. The van der Waals surface area contributed by atoms with Gasteiger partial charge in [0.2, 0.25) is 5.76 Å². The Labute approximate surface area is 77.0 Å². The van der Waals surface area contributed by atoms with Gasteiger partial charge in [0, 0.05) is 6.54 Å². The van der Waals surface area contributed by atoms with Crippen LogP contribution in [0.5, 0.6) is 0 Å². The van der Waals surface area contributed by atoms with Crippen molar-refractivity contribution in [3.63, 3.8) is 0 Å². The average molecular weight is 180 g/mol. The van der Waals surface area contributed by atoms with Crippen LogP contribution in [0.3, 0.4) is 0 Å². The Kier molecular flexibility index (Phi) is 3.50. The maximum absolute atomic E-state index is 8.64. The van der Waals surface area contributed by atoms with Crippen LogP contribution < -0.4 is 0 Å². The first-order valence-electron chi connectivity index (χ1n) is 4.04. The Morgan fingerprint density at radius 1 is 1.62 bits per heavy atom. The van der Waals surface area contributed by atoms with Gasteiger partial charge in [-0.3, -0.25) is 4.90 Å². The molecule has 0 aliphatic rings. The molecule has 13 heavy (non-hydrogen) atoms. The van der Waals surface area contributed by atoms with Crippen molar-refractivity contribution in [3.8, 4) is 6.07 Å².